The number of phenolic OH excluding ortho intramolecular Hbond substituents is 1. The van der Waals surface area contributed by atoms with Crippen LogP contribution in [0.1, 0.15) is 56.2 Å². The van der Waals surface area contributed by atoms with E-state index in [1.165, 1.54) is 43.4 Å². The lowest BCUT2D eigenvalue weighted by Crippen LogP contribution is -2.44. The van der Waals surface area contributed by atoms with Gasteiger partial charge in [-0.3, -0.25) is 4.90 Å². The van der Waals surface area contributed by atoms with Crippen molar-refractivity contribution >= 4 is 5.96 Å². The molecule has 3 N–H and O–H groups in total. The fourth-order valence-corrected chi connectivity index (χ4v) is 4.33. The van der Waals surface area contributed by atoms with Gasteiger partial charge in [-0.15, -0.1) is 0 Å². The Bertz CT molecular complexity index is 629. The van der Waals surface area contributed by atoms with Crippen LogP contribution in [0.2, 0.25) is 0 Å². The first-order valence-electron chi connectivity index (χ1n) is 10.3. The molecule has 1 fully saturated rings. The van der Waals surface area contributed by atoms with E-state index in [9.17, 15) is 5.11 Å². The Hall–Kier alpha value is -1.75. The van der Waals surface area contributed by atoms with Crippen molar-refractivity contribution in [1.29, 1.82) is 0 Å². The zero-order valence-electron chi connectivity index (χ0n) is 16.4. The van der Waals surface area contributed by atoms with Gasteiger partial charge in [0.05, 0.1) is 6.54 Å². The van der Waals surface area contributed by atoms with Crippen molar-refractivity contribution in [1.82, 2.24) is 15.5 Å². The maximum atomic E-state index is 10.4. The van der Waals surface area contributed by atoms with Gasteiger partial charge in [-0.25, -0.2) is 4.99 Å². The summed E-state index contributed by atoms with van der Waals surface area (Å²) in [5, 5.41) is 17.2. The van der Waals surface area contributed by atoms with Crippen molar-refractivity contribution in [3.63, 3.8) is 0 Å². The number of hydrogen-bond donors (Lipinski definition) is 3. The predicted octanol–water partition coefficient (Wildman–Crippen LogP) is 2.81. The monoisotopic (exact) mass is 358 g/mol. The van der Waals surface area contributed by atoms with Crippen LogP contribution in [0.5, 0.6) is 5.75 Å². The van der Waals surface area contributed by atoms with E-state index in [4.69, 9.17) is 4.99 Å². The Morgan fingerprint density at radius 2 is 2.04 bits per heavy atom. The molecule has 1 heterocycles. The van der Waals surface area contributed by atoms with Crippen LogP contribution in [0.25, 0.3) is 0 Å². The van der Waals surface area contributed by atoms with E-state index in [1.54, 1.807) is 0 Å². The Labute approximate surface area is 157 Å². The lowest BCUT2D eigenvalue weighted by Gasteiger charge is -2.24. The van der Waals surface area contributed by atoms with Crippen LogP contribution < -0.4 is 10.6 Å². The van der Waals surface area contributed by atoms with E-state index in [0.717, 1.165) is 44.0 Å². The van der Waals surface area contributed by atoms with Crippen molar-refractivity contribution < 1.29 is 5.11 Å². The first-order chi connectivity index (χ1) is 12.7. The lowest BCUT2D eigenvalue weighted by molar-refractivity contribution is 0.267. The van der Waals surface area contributed by atoms with E-state index >= 15 is 0 Å². The summed E-state index contributed by atoms with van der Waals surface area (Å²) in [6.45, 7) is 8.95. The van der Waals surface area contributed by atoms with Gasteiger partial charge in [0.2, 0.25) is 0 Å². The summed E-state index contributed by atoms with van der Waals surface area (Å²) < 4.78 is 0. The first-order valence-corrected chi connectivity index (χ1v) is 10.3. The number of fused-ring (bicyclic) bond motifs is 1. The molecule has 0 saturated carbocycles. The highest BCUT2D eigenvalue weighted by Crippen LogP contribution is 2.31. The third-order valence-corrected chi connectivity index (χ3v) is 5.78. The molecule has 1 aliphatic heterocycles. The molecule has 1 aromatic rings. The largest absolute Gasteiger partial charge is 0.508 e. The molecule has 1 aliphatic carbocycles. The standard InChI is InChI=1S/C21H34N4O/c1-3-22-21(23-14-17-9-7-13-25(17)4-2)24-15-19-18-10-6-5-8-16(18)11-12-20(19)26/h11-12,17,26H,3-10,13-15H2,1-2H3,(H2,22,23,24). The number of likely N-dealkylation sites (tertiary alicyclic amines) is 1. The summed E-state index contributed by atoms with van der Waals surface area (Å²) in [5.74, 6) is 1.24. The van der Waals surface area contributed by atoms with Crippen molar-refractivity contribution in [3.05, 3.63) is 28.8 Å². The molecular formula is C21H34N4O. The van der Waals surface area contributed by atoms with E-state index in [1.807, 2.05) is 6.07 Å². The first kappa shape index (κ1) is 19.0. The van der Waals surface area contributed by atoms with Gasteiger partial charge in [0.1, 0.15) is 5.75 Å². The number of likely N-dealkylation sites (N-methyl/N-ethyl adjacent to an activating group) is 1. The molecule has 1 aromatic carbocycles. The number of hydrogen-bond acceptors (Lipinski definition) is 3. The molecule has 0 spiro atoms. The summed E-state index contributed by atoms with van der Waals surface area (Å²) in [7, 11) is 0. The SMILES string of the molecule is CCNC(=NCc1c(O)ccc2c1CCCC2)NCC1CCCN1CC. The van der Waals surface area contributed by atoms with Crippen molar-refractivity contribution in [2.24, 2.45) is 4.99 Å². The molecule has 1 atom stereocenters. The number of benzene rings is 1. The average molecular weight is 359 g/mol. The fraction of sp³-hybridized carbons (Fsp3) is 0.667. The van der Waals surface area contributed by atoms with E-state index in [0.29, 0.717) is 18.3 Å². The summed E-state index contributed by atoms with van der Waals surface area (Å²) in [6.07, 6.45) is 7.19. The molecule has 1 saturated heterocycles. The van der Waals surface area contributed by atoms with Gasteiger partial charge in [0, 0.05) is 24.7 Å². The molecule has 5 heteroatoms. The molecule has 0 bridgehead atoms. The average Bonchev–Trinajstić information content (AvgIpc) is 3.12. The van der Waals surface area contributed by atoms with Gasteiger partial charge in [-0.1, -0.05) is 13.0 Å². The van der Waals surface area contributed by atoms with E-state index in [-0.39, 0.29) is 0 Å². The van der Waals surface area contributed by atoms with Crippen LogP contribution in [-0.2, 0) is 19.4 Å². The minimum atomic E-state index is 0.387. The number of aryl methyl sites for hydroxylation is 1. The number of aliphatic imine (C=N–C) groups is 1. The highest BCUT2D eigenvalue weighted by atomic mass is 16.3. The van der Waals surface area contributed by atoms with Gasteiger partial charge in [-0.05, 0) is 75.7 Å². The Balaban J connectivity index is 1.68. The summed E-state index contributed by atoms with van der Waals surface area (Å²) >= 11 is 0. The van der Waals surface area contributed by atoms with Gasteiger partial charge < -0.3 is 15.7 Å². The van der Waals surface area contributed by atoms with Crippen LogP contribution in [0, 0.1) is 0 Å². The van der Waals surface area contributed by atoms with Crippen LogP contribution in [0.4, 0.5) is 0 Å². The molecule has 2 aliphatic rings. The number of phenols is 1. The van der Waals surface area contributed by atoms with Crippen molar-refractivity contribution in [2.45, 2.75) is 65.0 Å². The lowest BCUT2D eigenvalue weighted by atomic mass is 9.88. The minimum Gasteiger partial charge on any atom is -0.508 e. The fourth-order valence-electron chi connectivity index (χ4n) is 4.33. The number of rotatable bonds is 6. The zero-order valence-corrected chi connectivity index (χ0v) is 16.4. The number of nitrogens with zero attached hydrogens (tertiary/aromatic N) is 2. The third-order valence-electron chi connectivity index (χ3n) is 5.78. The highest BCUT2D eigenvalue weighted by molar-refractivity contribution is 5.79. The number of aromatic hydroxyl groups is 1. The highest BCUT2D eigenvalue weighted by Gasteiger charge is 2.23. The Kier molecular flexibility index (Phi) is 6.78. The normalized spacial score (nSPS) is 20.8. The summed E-state index contributed by atoms with van der Waals surface area (Å²) in [5.41, 5.74) is 3.72. The van der Waals surface area contributed by atoms with Crippen molar-refractivity contribution in [3.8, 4) is 5.75 Å². The summed E-state index contributed by atoms with van der Waals surface area (Å²) in [6, 6.07) is 4.52. The van der Waals surface area contributed by atoms with Gasteiger partial charge >= 0.3 is 0 Å². The smallest absolute Gasteiger partial charge is 0.191 e. The minimum absolute atomic E-state index is 0.387. The van der Waals surface area contributed by atoms with Crippen LogP contribution >= 0.6 is 0 Å². The van der Waals surface area contributed by atoms with Crippen LogP contribution in [-0.4, -0.2) is 48.2 Å². The van der Waals surface area contributed by atoms with Gasteiger partial charge in [0.15, 0.2) is 5.96 Å². The van der Waals surface area contributed by atoms with E-state index < -0.39 is 0 Å². The maximum absolute atomic E-state index is 10.4. The molecule has 0 amide bonds. The zero-order chi connectivity index (χ0) is 18.4. The van der Waals surface area contributed by atoms with Crippen molar-refractivity contribution in [2.75, 3.05) is 26.2 Å². The second-order valence-corrected chi connectivity index (χ2v) is 7.41. The Morgan fingerprint density at radius 1 is 1.19 bits per heavy atom. The maximum Gasteiger partial charge on any atom is 0.191 e. The van der Waals surface area contributed by atoms with E-state index in [2.05, 4.69) is 35.4 Å². The molecular weight excluding hydrogens is 324 g/mol. The molecule has 0 aromatic heterocycles. The second-order valence-electron chi connectivity index (χ2n) is 7.41. The quantitative estimate of drug-likeness (QED) is 0.541. The predicted molar refractivity (Wildman–Crippen MR) is 108 cm³/mol. The molecule has 5 nitrogen and oxygen atoms in total. The second kappa shape index (κ2) is 9.26. The van der Waals surface area contributed by atoms with Crippen LogP contribution in [0.15, 0.2) is 17.1 Å². The molecule has 3 rings (SSSR count). The number of guanidine groups is 1. The summed E-state index contributed by atoms with van der Waals surface area (Å²) in [4.78, 5) is 7.32. The molecule has 26 heavy (non-hydrogen) atoms. The van der Waals surface area contributed by atoms with Gasteiger partial charge in [0.25, 0.3) is 0 Å². The molecule has 144 valence electrons. The molecule has 0 radical (unpaired) electrons. The topological polar surface area (TPSA) is 59.9 Å². The number of nitrogens with one attached hydrogen (secondary N) is 2. The van der Waals surface area contributed by atoms with Crippen LogP contribution in [0.3, 0.4) is 0 Å². The Morgan fingerprint density at radius 3 is 2.85 bits per heavy atom. The van der Waals surface area contributed by atoms with Gasteiger partial charge in [-0.2, -0.15) is 0 Å². The molecule has 1 unspecified atom stereocenters. The third kappa shape index (κ3) is 4.50.